The van der Waals surface area contributed by atoms with Gasteiger partial charge in [0.05, 0.1) is 11.4 Å². The Bertz CT molecular complexity index is 1090. The molecule has 4 heterocycles. The van der Waals surface area contributed by atoms with Crippen molar-refractivity contribution in [3.05, 3.63) is 47.0 Å². The van der Waals surface area contributed by atoms with Crippen LogP contribution in [0, 0.1) is 0 Å². The maximum Gasteiger partial charge on any atom is 0.490 e. The normalized spacial score (nSPS) is 16.2. The quantitative estimate of drug-likeness (QED) is 0.474. The number of halogens is 6. The van der Waals surface area contributed by atoms with Gasteiger partial charge in [-0.05, 0) is 25.6 Å². The SMILES string of the molecule is CN1CCN(C(=O)c2n[nH]c3c2CCN(Cc2ccccn2)C3)CC1.O=C(O)C(F)(F)F.O=C(O)C(F)(F)F. The number of fused-ring (bicyclic) bond motifs is 1. The number of carbonyl (C=O) groups is 3. The minimum atomic E-state index is -5.08. The van der Waals surface area contributed by atoms with E-state index in [0.29, 0.717) is 5.69 Å². The third-order valence-electron chi connectivity index (χ3n) is 5.60. The lowest BCUT2D eigenvalue weighted by atomic mass is 10.0. The highest BCUT2D eigenvalue weighted by Gasteiger charge is 2.39. The van der Waals surface area contributed by atoms with Crippen molar-refractivity contribution in [2.24, 2.45) is 0 Å². The van der Waals surface area contributed by atoms with E-state index in [1.807, 2.05) is 29.3 Å². The van der Waals surface area contributed by atoms with Gasteiger partial charge in [-0.25, -0.2) is 9.59 Å². The Kier molecular flexibility index (Phi) is 10.8. The van der Waals surface area contributed by atoms with Crippen LogP contribution in [-0.4, -0.2) is 110 Å². The number of rotatable bonds is 3. The summed E-state index contributed by atoms with van der Waals surface area (Å²) in [6.07, 6.45) is -7.48. The molecule has 1 amide bonds. The van der Waals surface area contributed by atoms with Crippen molar-refractivity contribution in [3.8, 4) is 0 Å². The van der Waals surface area contributed by atoms with Crippen LogP contribution in [0.4, 0.5) is 26.3 Å². The van der Waals surface area contributed by atoms with Gasteiger partial charge in [-0.1, -0.05) is 6.07 Å². The predicted molar refractivity (Wildman–Crippen MR) is 121 cm³/mol. The second kappa shape index (κ2) is 13.4. The van der Waals surface area contributed by atoms with Crippen LogP contribution in [0.3, 0.4) is 0 Å². The first-order valence-electron chi connectivity index (χ1n) is 11.4. The van der Waals surface area contributed by atoms with Gasteiger partial charge in [0, 0.05) is 57.6 Å². The average molecular weight is 568 g/mol. The monoisotopic (exact) mass is 568 g/mol. The van der Waals surface area contributed by atoms with E-state index in [4.69, 9.17) is 19.8 Å². The van der Waals surface area contributed by atoms with E-state index < -0.39 is 24.3 Å². The highest BCUT2D eigenvalue weighted by atomic mass is 19.4. The largest absolute Gasteiger partial charge is 0.490 e. The van der Waals surface area contributed by atoms with Crippen LogP contribution in [0.15, 0.2) is 24.4 Å². The fourth-order valence-electron chi connectivity index (χ4n) is 3.57. The molecule has 2 aromatic rings. The first kappa shape index (κ1) is 31.5. The van der Waals surface area contributed by atoms with Crippen molar-refractivity contribution in [3.63, 3.8) is 0 Å². The van der Waals surface area contributed by atoms with Crippen molar-refractivity contribution in [2.45, 2.75) is 31.9 Å². The minimum Gasteiger partial charge on any atom is -0.475 e. The number of aromatic nitrogens is 3. The number of pyridine rings is 1. The number of alkyl halides is 6. The molecule has 11 nitrogen and oxygen atoms in total. The molecule has 39 heavy (non-hydrogen) atoms. The molecule has 4 rings (SSSR count). The molecule has 1 fully saturated rings. The molecule has 2 aliphatic rings. The molecule has 0 atom stereocenters. The van der Waals surface area contributed by atoms with Gasteiger partial charge in [0.15, 0.2) is 5.69 Å². The van der Waals surface area contributed by atoms with Crippen LogP contribution in [0.25, 0.3) is 0 Å². The number of hydrogen-bond donors (Lipinski definition) is 3. The third kappa shape index (κ3) is 9.82. The Labute approximate surface area is 218 Å². The van der Waals surface area contributed by atoms with Gasteiger partial charge in [0.2, 0.25) is 0 Å². The zero-order valence-electron chi connectivity index (χ0n) is 20.6. The minimum absolute atomic E-state index is 0.0729. The van der Waals surface area contributed by atoms with E-state index in [9.17, 15) is 31.1 Å². The lowest BCUT2D eigenvalue weighted by Crippen LogP contribution is -2.47. The van der Waals surface area contributed by atoms with E-state index in [2.05, 4.69) is 32.0 Å². The van der Waals surface area contributed by atoms with Crippen LogP contribution < -0.4 is 0 Å². The molecule has 3 N–H and O–H groups in total. The predicted octanol–water partition coefficient (Wildman–Crippen LogP) is 2.02. The lowest BCUT2D eigenvalue weighted by Gasteiger charge is -2.32. The summed E-state index contributed by atoms with van der Waals surface area (Å²) in [5.41, 5.74) is 3.86. The van der Waals surface area contributed by atoms with Crippen molar-refractivity contribution >= 4 is 17.8 Å². The first-order chi connectivity index (χ1) is 18.1. The number of hydrogen-bond acceptors (Lipinski definition) is 7. The van der Waals surface area contributed by atoms with Crippen molar-refractivity contribution in [1.82, 2.24) is 29.9 Å². The van der Waals surface area contributed by atoms with Crippen LogP contribution in [0.1, 0.15) is 27.4 Å². The molecule has 0 aromatic carbocycles. The number of carboxylic acids is 2. The number of likely N-dealkylation sites (N-methyl/N-ethyl adjacent to an activating group) is 1. The summed E-state index contributed by atoms with van der Waals surface area (Å²) in [5, 5.41) is 21.7. The van der Waals surface area contributed by atoms with Gasteiger partial charge in [0.1, 0.15) is 0 Å². The fraction of sp³-hybridized carbons (Fsp3) is 0.500. The maximum absolute atomic E-state index is 12.8. The second-order valence-corrected chi connectivity index (χ2v) is 8.51. The number of aromatic amines is 1. The Balaban J connectivity index is 0.000000317. The topological polar surface area (TPSA) is 143 Å². The molecule has 0 saturated carbocycles. The number of nitrogens with zero attached hydrogens (tertiary/aromatic N) is 5. The first-order valence-corrected chi connectivity index (χ1v) is 11.4. The number of amides is 1. The number of carbonyl (C=O) groups excluding carboxylic acids is 1. The zero-order chi connectivity index (χ0) is 29.4. The summed E-state index contributed by atoms with van der Waals surface area (Å²) in [5.74, 6) is -5.44. The van der Waals surface area contributed by atoms with E-state index in [1.54, 1.807) is 0 Å². The number of piperazine rings is 1. The van der Waals surface area contributed by atoms with Gasteiger partial charge >= 0.3 is 24.3 Å². The smallest absolute Gasteiger partial charge is 0.475 e. The van der Waals surface area contributed by atoms with Gasteiger partial charge in [-0.2, -0.15) is 31.4 Å². The standard InChI is InChI=1S/C18H24N6O.2C2HF3O2/c1-22-8-10-24(11-9-22)18(25)17-15-5-7-23(13-16(15)20-21-17)12-14-4-2-3-6-19-14;2*3-2(4,5)1(6)7/h2-4,6H,5,7-13H2,1H3,(H,20,21);2*(H,6,7). The molecule has 0 spiro atoms. The summed E-state index contributed by atoms with van der Waals surface area (Å²) in [6.45, 7) is 5.94. The highest BCUT2D eigenvalue weighted by Crippen LogP contribution is 2.23. The molecular weight excluding hydrogens is 542 g/mol. The summed E-state index contributed by atoms with van der Waals surface area (Å²) in [4.78, 5) is 41.5. The molecule has 1 saturated heterocycles. The summed E-state index contributed by atoms with van der Waals surface area (Å²) < 4.78 is 63.5. The Morgan fingerprint density at radius 1 is 0.949 bits per heavy atom. The van der Waals surface area contributed by atoms with E-state index in [0.717, 1.165) is 69.2 Å². The molecule has 0 radical (unpaired) electrons. The van der Waals surface area contributed by atoms with Crippen LogP contribution in [0.2, 0.25) is 0 Å². The van der Waals surface area contributed by atoms with E-state index in [1.165, 1.54) is 0 Å². The number of H-pyrrole nitrogens is 1. The summed E-state index contributed by atoms with van der Waals surface area (Å²) in [7, 11) is 2.09. The zero-order valence-corrected chi connectivity index (χ0v) is 20.6. The summed E-state index contributed by atoms with van der Waals surface area (Å²) in [6, 6.07) is 5.99. The maximum atomic E-state index is 12.8. The van der Waals surface area contributed by atoms with Gasteiger partial charge in [-0.3, -0.25) is 19.8 Å². The highest BCUT2D eigenvalue weighted by molar-refractivity contribution is 5.94. The van der Waals surface area contributed by atoms with Crippen LogP contribution in [-0.2, 0) is 29.1 Å². The third-order valence-corrected chi connectivity index (χ3v) is 5.60. The Morgan fingerprint density at radius 2 is 1.51 bits per heavy atom. The lowest BCUT2D eigenvalue weighted by molar-refractivity contribution is -0.193. The van der Waals surface area contributed by atoms with Gasteiger partial charge in [-0.15, -0.1) is 0 Å². The molecule has 17 heteroatoms. The van der Waals surface area contributed by atoms with Gasteiger partial charge in [0.25, 0.3) is 5.91 Å². The Hall–Kier alpha value is -3.73. The molecule has 0 unspecified atom stereocenters. The molecule has 0 bridgehead atoms. The molecule has 2 aliphatic heterocycles. The number of nitrogens with one attached hydrogen (secondary N) is 1. The molecule has 0 aliphatic carbocycles. The van der Waals surface area contributed by atoms with Crippen molar-refractivity contribution in [2.75, 3.05) is 39.8 Å². The van der Waals surface area contributed by atoms with E-state index in [-0.39, 0.29) is 5.91 Å². The second-order valence-electron chi connectivity index (χ2n) is 8.51. The molecule has 2 aromatic heterocycles. The fourth-order valence-corrected chi connectivity index (χ4v) is 3.57. The number of aliphatic carboxylic acids is 2. The Morgan fingerprint density at radius 3 is 2.00 bits per heavy atom. The molecule has 216 valence electrons. The van der Waals surface area contributed by atoms with Crippen LogP contribution >= 0.6 is 0 Å². The number of carboxylic acid groups (broad SMARTS) is 2. The average Bonchev–Trinajstić information content (AvgIpc) is 3.27. The van der Waals surface area contributed by atoms with Crippen molar-refractivity contribution < 1.29 is 50.9 Å². The summed E-state index contributed by atoms with van der Waals surface area (Å²) >= 11 is 0. The molecular formula is C22H26F6N6O5. The van der Waals surface area contributed by atoms with E-state index >= 15 is 0 Å². The van der Waals surface area contributed by atoms with Gasteiger partial charge < -0.3 is 20.0 Å². The van der Waals surface area contributed by atoms with Crippen LogP contribution in [0.5, 0.6) is 0 Å². The van der Waals surface area contributed by atoms with Crippen molar-refractivity contribution in [1.29, 1.82) is 0 Å².